The highest BCUT2D eigenvalue weighted by molar-refractivity contribution is 5.34. The van der Waals surface area contributed by atoms with Gasteiger partial charge in [0, 0.05) is 18.1 Å². The van der Waals surface area contributed by atoms with Crippen molar-refractivity contribution in [1.29, 1.82) is 0 Å². The molecule has 0 bridgehead atoms. The molecule has 0 aromatic heterocycles. The summed E-state index contributed by atoms with van der Waals surface area (Å²) in [5.41, 5.74) is 0.652. The summed E-state index contributed by atoms with van der Waals surface area (Å²) in [5, 5.41) is 9.66. The maximum atomic E-state index is 14.7. The van der Waals surface area contributed by atoms with E-state index < -0.39 is 29.2 Å². The van der Waals surface area contributed by atoms with E-state index in [1.807, 2.05) is 6.92 Å². The molecular weight excluding hydrogens is 460 g/mol. The number of halogens is 4. The van der Waals surface area contributed by atoms with E-state index in [0.717, 1.165) is 25.7 Å². The van der Waals surface area contributed by atoms with Crippen LogP contribution < -0.4 is 4.74 Å². The van der Waals surface area contributed by atoms with Crippen molar-refractivity contribution >= 4 is 0 Å². The fourth-order valence-corrected chi connectivity index (χ4v) is 5.84. The van der Waals surface area contributed by atoms with Gasteiger partial charge in [-0.15, -0.1) is 0 Å². The minimum absolute atomic E-state index is 0.0596. The Morgan fingerprint density at radius 3 is 2.31 bits per heavy atom. The summed E-state index contributed by atoms with van der Waals surface area (Å²) in [4.78, 5) is 0. The zero-order valence-electron chi connectivity index (χ0n) is 20.4. The molecule has 2 saturated carbocycles. The van der Waals surface area contributed by atoms with E-state index in [0.29, 0.717) is 49.8 Å². The molecule has 3 aliphatic carbocycles. The van der Waals surface area contributed by atoms with Gasteiger partial charge in [0.15, 0.2) is 17.4 Å². The van der Waals surface area contributed by atoms with Crippen LogP contribution in [0, 0.1) is 29.4 Å². The van der Waals surface area contributed by atoms with Crippen LogP contribution in [-0.2, 0) is 4.74 Å². The third-order valence-corrected chi connectivity index (χ3v) is 8.05. The lowest BCUT2D eigenvalue weighted by Gasteiger charge is -2.34. The Morgan fingerprint density at radius 1 is 0.914 bits per heavy atom. The number of hydrogen-bond acceptors (Lipinski definition) is 3. The molecule has 1 aromatic carbocycles. The lowest BCUT2D eigenvalue weighted by atomic mass is 9.73. The summed E-state index contributed by atoms with van der Waals surface area (Å²) < 4.78 is 69.5. The lowest BCUT2D eigenvalue weighted by molar-refractivity contribution is 0.121. The predicted octanol–water partition coefficient (Wildman–Crippen LogP) is 7.30. The highest BCUT2D eigenvalue weighted by Gasteiger charge is 2.34. The molecule has 0 saturated heterocycles. The summed E-state index contributed by atoms with van der Waals surface area (Å²) in [6, 6.07) is 3.11. The van der Waals surface area contributed by atoms with Crippen LogP contribution in [0.15, 0.2) is 35.4 Å². The second-order valence-corrected chi connectivity index (χ2v) is 10.2. The molecule has 35 heavy (non-hydrogen) atoms. The molecule has 0 radical (unpaired) electrons. The molecule has 0 aliphatic heterocycles. The van der Waals surface area contributed by atoms with E-state index in [9.17, 15) is 22.7 Å². The van der Waals surface area contributed by atoms with Crippen LogP contribution in [0.25, 0.3) is 0 Å². The third-order valence-electron chi connectivity index (χ3n) is 8.05. The van der Waals surface area contributed by atoms with Gasteiger partial charge >= 0.3 is 0 Å². The number of ether oxygens (including phenoxy) is 2. The Morgan fingerprint density at radius 2 is 1.63 bits per heavy atom. The SMILES string of the molecule is CCOCC1=CCC(C2CCC(COc3ccc(C4CCC(O)CC4)c(F)c3F)CC2)C(F)=C1F. The lowest BCUT2D eigenvalue weighted by Crippen LogP contribution is -2.26. The molecule has 3 nitrogen and oxygen atoms in total. The van der Waals surface area contributed by atoms with Gasteiger partial charge in [-0.05, 0) is 94.1 Å². The minimum Gasteiger partial charge on any atom is -0.490 e. The van der Waals surface area contributed by atoms with Crippen molar-refractivity contribution in [2.24, 2.45) is 17.8 Å². The molecule has 4 rings (SSSR count). The standard InChI is InChI=1S/C28H36F4O3/c1-2-34-16-20-9-12-22(26(30)25(20)29)18-5-3-17(4-6-18)15-35-24-14-13-23(27(31)28(24)32)19-7-10-21(33)11-8-19/h9,13-14,17-19,21-22,33H,2-8,10-12,15-16H2,1H3. The molecule has 1 aromatic rings. The molecule has 7 heteroatoms. The van der Waals surface area contributed by atoms with Crippen molar-refractivity contribution in [1.82, 2.24) is 0 Å². The fraction of sp³-hybridized carbons (Fsp3) is 0.643. The van der Waals surface area contributed by atoms with Crippen LogP contribution in [0.5, 0.6) is 5.75 Å². The van der Waals surface area contributed by atoms with Crippen LogP contribution in [0.1, 0.15) is 76.2 Å². The van der Waals surface area contributed by atoms with Crippen molar-refractivity contribution < 1.29 is 32.1 Å². The Labute approximate surface area is 205 Å². The summed E-state index contributed by atoms with van der Waals surface area (Å²) in [6.45, 7) is 2.63. The van der Waals surface area contributed by atoms with Gasteiger partial charge in [-0.2, -0.15) is 4.39 Å². The molecule has 1 atom stereocenters. The van der Waals surface area contributed by atoms with E-state index in [4.69, 9.17) is 9.47 Å². The first-order valence-electron chi connectivity index (χ1n) is 13.0. The van der Waals surface area contributed by atoms with Crippen molar-refractivity contribution in [3.05, 3.63) is 52.6 Å². The van der Waals surface area contributed by atoms with Crippen LogP contribution in [-0.4, -0.2) is 31.0 Å². The number of benzene rings is 1. The first-order chi connectivity index (χ1) is 16.9. The van der Waals surface area contributed by atoms with Crippen LogP contribution in [0.3, 0.4) is 0 Å². The summed E-state index contributed by atoms with van der Waals surface area (Å²) in [7, 11) is 0. The molecular formula is C28H36F4O3. The fourth-order valence-electron chi connectivity index (χ4n) is 5.84. The van der Waals surface area contributed by atoms with E-state index in [1.54, 1.807) is 12.1 Å². The maximum Gasteiger partial charge on any atom is 0.200 e. The van der Waals surface area contributed by atoms with E-state index >= 15 is 0 Å². The number of rotatable bonds is 8. The molecule has 194 valence electrons. The van der Waals surface area contributed by atoms with Crippen molar-refractivity contribution in [3.8, 4) is 5.75 Å². The quantitative estimate of drug-likeness (QED) is 0.384. The Bertz CT molecular complexity index is 928. The average Bonchev–Trinajstić information content (AvgIpc) is 2.87. The number of allylic oxidation sites excluding steroid dienone is 2. The zero-order chi connectivity index (χ0) is 24.9. The molecule has 1 unspecified atom stereocenters. The number of hydrogen-bond donors (Lipinski definition) is 1. The van der Waals surface area contributed by atoms with E-state index in [1.165, 1.54) is 6.07 Å². The monoisotopic (exact) mass is 496 g/mol. The largest absolute Gasteiger partial charge is 0.490 e. The van der Waals surface area contributed by atoms with Gasteiger partial charge in [-0.1, -0.05) is 12.1 Å². The first kappa shape index (κ1) is 26.2. The third kappa shape index (κ3) is 6.11. The van der Waals surface area contributed by atoms with Gasteiger partial charge in [0.2, 0.25) is 5.82 Å². The first-order valence-corrected chi connectivity index (χ1v) is 13.0. The Hall–Kier alpha value is -1.86. The summed E-state index contributed by atoms with van der Waals surface area (Å²) in [5.74, 6) is -3.63. The highest BCUT2D eigenvalue weighted by Crippen LogP contribution is 2.43. The van der Waals surface area contributed by atoms with Crippen molar-refractivity contribution in [2.75, 3.05) is 19.8 Å². The molecule has 0 spiro atoms. The predicted molar refractivity (Wildman–Crippen MR) is 126 cm³/mol. The highest BCUT2D eigenvalue weighted by atomic mass is 19.2. The summed E-state index contributed by atoms with van der Waals surface area (Å²) >= 11 is 0. The second-order valence-electron chi connectivity index (χ2n) is 10.2. The summed E-state index contributed by atoms with van der Waals surface area (Å²) in [6.07, 6.45) is 7.42. The van der Waals surface area contributed by atoms with Gasteiger partial charge in [-0.3, -0.25) is 0 Å². The van der Waals surface area contributed by atoms with E-state index in [-0.39, 0.29) is 42.8 Å². The Balaban J connectivity index is 1.28. The van der Waals surface area contributed by atoms with Crippen molar-refractivity contribution in [2.45, 2.75) is 76.7 Å². The molecule has 0 amide bonds. The second kappa shape index (κ2) is 11.9. The number of aliphatic hydroxyl groups excluding tert-OH is 1. The van der Waals surface area contributed by atoms with Crippen LogP contribution >= 0.6 is 0 Å². The average molecular weight is 497 g/mol. The smallest absolute Gasteiger partial charge is 0.200 e. The maximum absolute atomic E-state index is 14.7. The Kier molecular flexibility index (Phi) is 8.92. The number of aliphatic hydroxyl groups is 1. The topological polar surface area (TPSA) is 38.7 Å². The molecule has 0 heterocycles. The molecule has 1 N–H and O–H groups in total. The van der Waals surface area contributed by atoms with Crippen LogP contribution in [0.2, 0.25) is 0 Å². The zero-order valence-corrected chi connectivity index (χ0v) is 20.4. The van der Waals surface area contributed by atoms with Gasteiger partial charge < -0.3 is 14.6 Å². The van der Waals surface area contributed by atoms with E-state index in [2.05, 4.69) is 0 Å². The van der Waals surface area contributed by atoms with Gasteiger partial charge in [0.25, 0.3) is 0 Å². The molecule has 2 fully saturated rings. The van der Waals surface area contributed by atoms with Gasteiger partial charge in [0.05, 0.1) is 19.3 Å². The van der Waals surface area contributed by atoms with Gasteiger partial charge in [0.1, 0.15) is 5.83 Å². The minimum atomic E-state index is -0.957. The molecule has 3 aliphatic rings. The van der Waals surface area contributed by atoms with Crippen molar-refractivity contribution in [3.63, 3.8) is 0 Å². The van der Waals surface area contributed by atoms with Crippen LogP contribution in [0.4, 0.5) is 17.6 Å². The normalized spacial score (nSPS) is 29.8. The van der Waals surface area contributed by atoms with Gasteiger partial charge in [-0.25, -0.2) is 13.2 Å².